The topological polar surface area (TPSA) is 48.6 Å². The van der Waals surface area contributed by atoms with E-state index in [1.165, 1.54) is 55.5 Å². The zero-order valence-corrected chi connectivity index (χ0v) is 43.0. The van der Waals surface area contributed by atoms with E-state index in [-0.39, 0.29) is 37.3 Å². The van der Waals surface area contributed by atoms with E-state index in [0.717, 1.165) is 50.9 Å². The van der Waals surface area contributed by atoms with Crippen LogP contribution >= 0.6 is 0 Å². The summed E-state index contributed by atoms with van der Waals surface area (Å²) in [6, 6.07) is 34.4. The Bertz CT molecular complexity index is 3050. The number of hydrogen-bond acceptors (Lipinski definition) is 4. The van der Waals surface area contributed by atoms with Crippen LogP contribution < -0.4 is 4.74 Å². The van der Waals surface area contributed by atoms with E-state index in [4.69, 9.17) is 19.5 Å². The average Bonchev–Trinajstić information content (AvgIpc) is 3.75. The smallest absolute Gasteiger partial charge is 0.510 e. The molecule has 9 rings (SSSR count). The molecule has 6 heteroatoms. The number of nitrogens with zero attached hydrogens (tertiary/aromatic N) is 3. The molecule has 3 heterocycles. The summed E-state index contributed by atoms with van der Waals surface area (Å²) in [5.41, 5.74) is 16.5. The monoisotopic (exact) mass is 1030 g/mol. The number of pyridine rings is 1. The molecule has 0 unspecified atom stereocenters. The van der Waals surface area contributed by atoms with Gasteiger partial charge in [-0.2, -0.15) is 0 Å². The van der Waals surface area contributed by atoms with Gasteiger partial charge in [0, 0.05) is 40.3 Å². The van der Waals surface area contributed by atoms with Gasteiger partial charge >= 0.3 is 21.1 Å². The number of aliphatic imine (C=N–C) groups is 1. The van der Waals surface area contributed by atoms with Gasteiger partial charge in [-0.05, 0) is 128 Å². The van der Waals surface area contributed by atoms with Gasteiger partial charge in [-0.3, -0.25) is 4.99 Å². The summed E-state index contributed by atoms with van der Waals surface area (Å²) in [7, 11) is 0. The summed E-state index contributed by atoms with van der Waals surface area (Å²) in [6.07, 6.45) is 2.74. The van der Waals surface area contributed by atoms with Crippen molar-refractivity contribution in [2.45, 2.75) is 139 Å². The molecule has 0 saturated heterocycles. The minimum atomic E-state index is -0.596. The van der Waals surface area contributed by atoms with Gasteiger partial charge < -0.3 is 14.0 Å². The van der Waals surface area contributed by atoms with E-state index in [1.54, 1.807) is 0 Å². The molecule has 7 aromatic rings. The Kier molecular flexibility index (Phi) is 10.9. The van der Waals surface area contributed by atoms with Crippen LogP contribution in [0.4, 0.5) is 0 Å². The molecule has 0 fully saturated rings. The van der Waals surface area contributed by atoms with E-state index < -0.39 is 11.1 Å². The second-order valence-corrected chi connectivity index (χ2v) is 22.0. The normalized spacial score (nSPS) is 18.5. The molecule has 64 heavy (non-hydrogen) atoms. The summed E-state index contributed by atoms with van der Waals surface area (Å²) in [4.78, 5) is 10.7. The van der Waals surface area contributed by atoms with E-state index in [2.05, 4.69) is 200 Å². The van der Waals surface area contributed by atoms with Crippen molar-refractivity contribution in [3.05, 3.63) is 152 Å². The van der Waals surface area contributed by atoms with Gasteiger partial charge in [0.15, 0.2) is 0 Å². The maximum atomic E-state index is 7.36. The number of rotatable bonds is 5. The molecular formula is C58H63N3O2Pt. The molecule has 0 amide bonds. The van der Waals surface area contributed by atoms with Gasteiger partial charge in [0.05, 0.1) is 5.52 Å². The van der Waals surface area contributed by atoms with Gasteiger partial charge in [-0.15, -0.1) is 29.8 Å². The molecule has 5 aromatic carbocycles. The number of ether oxygens (including phenoxy) is 2. The van der Waals surface area contributed by atoms with Crippen LogP contribution in [-0.2, 0) is 48.6 Å². The first-order valence-corrected chi connectivity index (χ1v) is 22.6. The summed E-state index contributed by atoms with van der Waals surface area (Å²) in [5.74, 6) is 1.78. The molecule has 332 valence electrons. The van der Waals surface area contributed by atoms with Gasteiger partial charge in [0.1, 0.15) is 22.7 Å². The third-order valence-electron chi connectivity index (χ3n) is 14.1. The maximum absolute atomic E-state index is 7.36. The van der Waals surface area contributed by atoms with Crippen LogP contribution in [0.2, 0.25) is 0 Å². The minimum absolute atomic E-state index is 0. The Morgan fingerprint density at radius 1 is 0.672 bits per heavy atom. The maximum Gasteiger partial charge on any atom is 2.00 e. The molecule has 5 nitrogen and oxygen atoms in total. The molecule has 1 aliphatic heterocycles. The molecule has 0 radical (unpaired) electrons. The number of aryl methyl sites for hydroxylation is 6. The van der Waals surface area contributed by atoms with Crippen molar-refractivity contribution in [3.8, 4) is 28.3 Å². The second-order valence-electron chi connectivity index (χ2n) is 22.0. The van der Waals surface area contributed by atoms with Crippen molar-refractivity contribution >= 4 is 27.8 Å². The number of aromatic nitrogens is 2. The van der Waals surface area contributed by atoms with Gasteiger partial charge in [-0.1, -0.05) is 127 Å². The number of hydrogen-bond donors (Lipinski definition) is 0. The van der Waals surface area contributed by atoms with Crippen molar-refractivity contribution < 1.29 is 30.5 Å². The summed E-state index contributed by atoms with van der Waals surface area (Å²) >= 11 is 0. The molecule has 0 saturated carbocycles. The first-order valence-electron chi connectivity index (χ1n) is 22.6. The Morgan fingerprint density at radius 2 is 1.33 bits per heavy atom. The van der Waals surface area contributed by atoms with Crippen LogP contribution in [0.5, 0.6) is 11.5 Å². The molecule has 0 N–H and O–H groups in total. The SMILES string of the molecule is Cc1cc(C)c(-c2cc(Oc3[c-]c(-n4c5ccc(C(C)(C)C)cc5c5cc(C)cnc54)cc(C(C)(C)C)c3)[c-]c(C3=N[C@]4(C)c5cc(C)c(C)cc5C[C@]4(C(C)(C)C)O3)c2)c(C)c1.[Pt+2]. The zero-order chi connectivity index (χ0) is 45.3. The molecule has 2 atom stereocenters. The molecule has 2 aliphatic rings. The van der Waals surface area contributed by atoms with Gasteiger partial charge in [0.25, 0.3) is 0 Å². The third kappa shape index (κ3) is 7.35. The third-order valence-corrected chi connectivity index (χ3v) is 14.1. The Labute approximate surface area is 396 Å². The second kappa shape index (κ2) is 15.3. The van der Waals surface area contributed by atoms with Gasteiger partial charge in [-0.25, -0.2) is 4.98 Å². The van der Waals surface area contributed by atoms with Crippen LogP contribution in [0.1, 0.15) is 130 Å². The predicted octanol–water partition coefficient (Wildman–Crippen LogP) is 14.7. The Hall–Kier alpha value is -4.99. The fourth-order valence-corrected chi connectivity index (χ4v) is 10.5. The van der Waals surface area contributed by atoms with Crippen LogP contribution in [0, 0.1) is 59.1 Å². The first kappa shape index (κ1) is 45.6. The fourth-order valence-electron chi connectivity index (χ4n) is 10.5. The number of fused-ring (bicyclic) bond motifs is 6. The quantitative estimate of drug-likeness (QED) is 0.161. The average molecular weight is 1030 g/mol. The van der Waals surface area contributed by atoms with E-state index in [0.29, 0.717) is 17.4 Å². The summed E-state index contributed by atoms with van der Waals surface area (Å²) in [5, 5.41) is 2.30. The van der Waals surface area contributed by atoms with E-state index >= 15 is 0 Å². The minimum Gasteiger partial charge on any atom is -0.510 e. The fraction of sp³-hybridized carbons (Fsp3) is 0.379. The summed E-state index contributed by atoms with van der Waals surface area (Å²) < 4.78 is 16.7. The zero-order valence-electron chi connectivity index (χ0n) is 40.7. The molecular weight excluding hydrogens is 966 g/mol. The Balaban J connectivity index is 0.00000560. The number of benzene rings is 5. The van der Waals surface area contributed by atoms with Gasteiger partial charge in [0.2, 0.25) is 0 Å². The van der Waals surface area contributed by atoms with E-state index in [9.17, 15) is 0 Å². The van der Waals surface area contributed by atoms with Crippen LogP contribution in [-0.4, -0.2) is 21.0 Å². The van der Waals surface area contributed by atoms with Crippen LogP contribution in [0.25, 0.3) is 38.8 Å². The van der Waals surface area contributed by atoms with Crippen molar-refractivity contribution in [3.63, 3.8) is 0 Å². The Morgan fingerprint density at radius 3 is 1.98 bits per heavy atom. The molecule has 1 aliphatic carbocycles. The van der Waals surface area contributed by atoms with Crippen molar-refractivity contribution in [1.82, 2.24) is 9.55 Å². The summed E-state index contributed by atoms with van der Waals surface area (Å²) in [6.45, 7) is 35.7. The first-order chi connectivity index (χ1) is 29.4. The molecule has 0 spiro atoms. The van der Waals surface area contributed by atoms with Crippen LogP contribution in [0.3, 0.4) is 0 Å². The van der Waals surface area contributed by atoms with Crippen LogP contribution in [0.15, 0.2) is 84.0 Å². The van der Waals surface area contributed by atoms with Crippen molar-refractivity contribution in [1.29, 1.82) is 0 Å². The van der Waals surface area contributed by atoms with E-state index in [1.807, 2.05) is 6.20 Å². The van der Waals surface area contributed by atoms with Crippen molar-refractivity contribution in [2.75, 3.05) is 0 Å². The molecule has 2 aromatic heterocycles. The predicted molar refractivity (Wildman–Crippen MR) is 261 cm³/mol. The standard InChI is InChI=1S/C58H63N3O2.Pt/c1-33-19-37(5)51(38(6)20-33)39-24-40(53-60-57(16)49-23-36(4)35(3)22-41(49)31-58(57,63-53)56(13,14)15)26-45(25-39)62-46-28-43(55(10,11)12)27-44(30-46)61-50-18-17-42(54(7,8)9)29-47(50)48-21-34(2)32-59-52(48)61;/h17-25,27-29,32H,31H2,1-16H3;/q-2;+2/t57-,58-;/m1./s1. The molecule has 0 bridgehead atoms. The van der Waals surface area contributed by atoms with Crippen molar-refractivity contribution in [2.24, 2.45) is 10.4 Å². The largest absolute Gasteiger partial charge is 2.00 e.